The normalized spacial score (nSPS) is 16.2. The van der Waals surface area contributed by atoms with Crippen LogP contribution in [-0.4, -0.2) is 45.6 Å². The van der Waals surface area contributed by atoms with Crippen molar-refractivity contribution in [1.29, 1.82) is 0 Å². The Kier molecular flexibility index (Phi) is 8.51. The van der Waals surface area contributed by atoms with E-state index in [1.54, 1.807) is 0 Å². The summed E-state index contributed by atoms with van der Waals surface area (Å²) in [6, 6.07) is 31.9. The highest BCUT2D eigenvalue weighted by atomic mass is 28.4. The molecule has 192 valence electrons. The van der Waals surface area contributed by atoms with Crippen molar-refractivity contribution in [1.82, 2.24) is 4.90 Å². The predicted octanol–water partition coefficient (Wildman–Crippen LogP) is 7.48. The molecular formula is C32H43NO2Si. The van der Waals surface area contributed by atoms with E-state index in [2.05, 4.69) is 130 Å². The van der Waals surface area contributed by atoms with E-state index in [0.29, 0.717) is 12.7 Å². The predicted molar refractivity (Wildman–Crippen MR) is 153 cm³/mol. The van der Waals surface area contributed by atoms with E-state index in [0.717, 1.165) is 49.2 Å². The van der Waals surface area contributed by atoms with Gasteiger partial charge in [-0.05, 0) is 47.7 Å². The maximum Gasteiger partial charge on any atom is 0.192 e. The van der Waals surface area contributed by atoms with Crippen LogP contribution in [0.15, 0.2) is 91.0 Å². The fourth-order valence-electron chi connectivity index (χ4n) is 4.94. The van der Waals surface area contributed by atoms with Crippen molar-refractivity contribution in [3.63, 3.8) is 0 Å². The summed E-state index contributed by atoms with van der Waals surface area (Å²) in [6.45, 7) is 15.4. The van der Waals surface area contributed by atoms with Gasteiger partial charge >= 0.3 is 0 Å². The lowest BCUT2D eigenvalue weighted by Gasteiger charge is -2.42. The number of nitrogens with zero attached hydrogens (tertiary/aromatic N) is 1. The van der Waals surface area contributed by atoms with E-state index in [4.69, 9.17) is 9.16 Å². The van der Waals surface area contributed by atoms with Gasteiger partial charge in [0.2, 0.25) is 0 Å². The number of likely N-dealkylation sites (tertiary alicyclic amines) is 1. The van der Waals surface area contributed by atoms with Gasteiger partial charge in [0.05, 0.1) is 6.61 Å². The average molecular weight is 502 g/mol. The molecule has 1 aliphatic rings. The molecule has 0 N–H and O–H groups in total. The van der Waals surface area contributed by atoms with Crippen LogP contribution in [0.2, 0.25) is 18.1 Å². The number of rotatable bonds is 9. The maximum absolute atomic E-state index is 6.98. The molecule has 0 saturated carbocycles. The van der Waals surface area contributed by atoms with Gasteiger partial charge < -0.3 is 14.1 Å². The number of piperidine rings is 1. The quantitative estimate of drug-likeness (QED) is 0.224. The third-order valence-electron chi connectivity index (χ3n) is 8.07. The Balaban J connectivity index is 1.48. The zero-order chi connectivity index (χ0) is 25.7. The Bertz CT molecular complexity index is 959. The second-order valence-corrected chi connectivity index (χ2v) is 16.3. The fraction of sp³-hybridized carbons (Fsp3) is 0.438. The molecule has 0 spiro atoms. The van der Waals surface area contributed by atoms with Crippen molar-refractivity contribution in [2.75, 3.05) is 26.2 Å². The standard InChI is InChI=1S/C32H43NO2Si/c1-31(2,3)36(4,5)35-30-21-23-33(24-22-30)25-26-34-32(27-15-9-6-10-16-27,28-17-11-7-12-18-28)29-19-13-8-14-20-29/h6-20,30H,21-26H2,1-5H3. The third kappa shape index (κ3) is 6.00. The zero-order valence-electron chi connectivity index (χ0n) is 22.7. The molecule has 3 aromatic carbocycles. The van der Waals surface area contributed by atoms with Crippen molar-refractivity contribution in [2.24, 2.45) is 0 Å². The first kappa shape index (κ1) is 26.8. The summed E-state index contributed by atoms with van der Waals surface area (Å²) in [5.74, 6) is 0. The molecule has 3 aromatic rings. The average Bonchev–Trinajstić information content (AvgIpc) is 2.88. The lowest BCUT2D eigenvalue weighted by atomic mass is 9.80. The highest BCUT2D eigenvalue weighted by molar-refractivity contribution is 6.74. The third-order valence-corrected chi connectivity index (χ3v) is 12.6. The molecule has 0 bridgehead atoms. The Morgan fingerprint density at radius 1 is 0.722 bits per heavy atom. The molecule has 0 amide bonds. The number of benzene rings is 3. The summed E-state index contributed by atoms with van der Waals surface area (Å²) in [6.07, 6.45) is 2.60. The van der Waals surface area contributed by atoms with Crippen LogP contribution in [0, 0.1) is 0 Å². The summed E-state index contributed by atoms with van der Waals surface area (Å²) in [4.78, 5) is 2.54. The molecule has 1 heterocycles. The van der Waals surface area contributed by atoms with Crippen LogP contribution in [-0.2, 0) is 14.8 Å². The minimum absolute atomic E-state index is 0.258. The minimum atomic E-state index is -1.72. The van der Waals surface area contributed by atoms with Gasteiger partial charge in [0.15, 0.2) is 8.32 Å². The molecular weight excluding hydrogens is 458 g/mol. The van der Waals surface area contributed by atoms with Crippen LogP contribution < -0.4 is 0 Å². The number of ether oxygens (including phenoxy) is 1. The Hall–Kier alpha value is -2.24. The van der Waals surface area contributed by atoms with Gasteiger partial charge in [0.1, 0.15) is 5.60 Å². The van der Waals surface area contributed by atoms with Crippen molar-refractivity contribution in [3.8, 4) is 0 Å². The topological polar surface area (TPSA) is 21.7 Å². The lowest BCUT2D eigenvalue weighted by molar-refractivity contribution is -0.00676. The molecule has 4 heteroatoms. The summed E-state index contributed by atoms with van der Waals surface area (Å²) in [7, 11) is -1.72. The molecule has 1 saturated heterocycles. The Morgan fingerprint density at radius 3 is 1.53 bits per heavy atom. The molecule has 36 heavy (non-hydrogen) atoms. The largest absolute Gasteiger partial charge is 0.414 e. The molecule has 0 radical (unpaired) electrons. The molecule has 1 aliphatic heterocycles. The maximum atomic E-state index is 6.98. The summed E-state index contributed by atoms with van der Waals surface area (Å²) < 4.78 is 13.7. The first-order valence-corrected chi connectivity index (χ1v) is 16.3. The molecule has 0 atom stereocenters. The summed E-state index contributed by atoms with van der Waals surface area (Å²) >= 11 is 0. The molecule has 0 aliphatic carbocycles. The Labute approximate surface area is 219 Å². The highest BCUT2D eigenvalue weighted by Gasteiger charge is 2.40. The van der Waals surface area contributed by atoms with Gasteiger partial charge in [-0.1, -0.05) is 112 Å². The highest BCUT2D eigenvalue weighted by Crippen LogP contribution is 2.41. The van der Waals surface area contributed by atoms with Gasteiger partial charge in [-0.15, -0.1) is 0 Å². The van der Waals surface area contributed by atoms with E-state index in [1.165, 1.54) is 0 Å². The van der Waals surface area contributed by atoms with Crippen LogP contribution in [0.1, 0.15) is 50.3 Å². The fourth-order valence-corrected chi connectivity index (χ4v) is 6.36. The lowest BCUT2D eigenvalue weighted by Crippen LogP contribution is -2.47. The number of hydrogen-bond acceptors (Lipinski definition) is 3. The van der Waals surface area contributed by atoms with Gasteiger partial charge in [-0.3, -0.25) is 0 Å². The summed E-state index contributed by atoms with van der Waals surface area (Å²) in [5, 5.41) is 0.258. The van der Waals surface area contributed by atoms with Crippen molar-refractivity contribution < 1.29 is 9.16 Å². The molecule has 0 unspecified atom stereocenters. The van der Waals surface area contributed by atoms with Crippen molar-refractivity contribution in [2.45, 2.75) is 63.5 Å². The van der Waals surface area contributed by atoms with Crippen molar-refractivity contribution >= 4 is 8.32 Å². The van der Waals surface area contributed by atoms with Gasteiger partial charge in [0, 0.05) is 25.7 Å². The van der Waals surface area contributed by atoms with Crippen molar-refractivity contribution in [3.05, 3.63) is 108 Å². The van der Waals surface area contributed by atoms with Gasteiger partial charge in [0.25, 0.3) is 0 Å². The van der Waals surface area contributed by atoms with E-state index >= 15 is 0 Å². The van der Waals surface area contributed by atoms with E-state index in [-0.39, 0.29) is 5.04 Å². The van der Waals surface area contributed by atoms with Gasteiger partial charge in [-0.25, -0.2) is 0 Å². The van der Waals surface area contributed by atoms with Crippen LogP contribution in [0.25, 0.3) is 0 Å². The molecule has 1 fully saturated rings. The van der Waals surface area contributed by atoms with Gasteiger partial charge in [-0.2, -0.15) is 0 Å². The first-order valence-electron chi connectivity index (χ1n) is 13.4. The van der Waals surface area contributed by atoms with Crippen LogP contribution >= 0.6 is 0 Å². The first-order chi connectivity index (χ1) is 17.2. The van der Waals surface area contributed by atoms with E-state index in [1.807, 2.05) is 0 Å². The summed E-state index contributed by atoms with van der Waals surface area (Å²) in [5.41, 5.74) is 2.82. The monoisotopic (exact) mass is 501 g/mol. The zero-order valence-corrected chi connectivity index (χ0v) is 23.7. The molecule has 0 aromatic heterocycles. The van der Waals surface area contributed by atoms with Crippen LogP contribution in [0.5, 0.6) is 0 Å². The van der Waals surface area contributed by atoms with E-state index < -0.39 is 13.9 Å². The van der Waals surface area contributed by atoms with E-state index in [9.17, 15) is 0 Å². The molecule has 4 rings (SSSR count). The smallest absolute Gasteiger partial charge is 0.192 e. The Morgan fingerprint density at radius 2 is 1.14 bits per heavy atom. The second kappa shape index (κ2) is 11.4. The minimum Gasteiger partial charge on any atom is -0.414 e. The van der Waals surface area contributed by atoms with Crippen LogP contribution in [0.4, 0.5) is 0 Å². The van der Waals surface area contributed by atoms with Crippen LogP contribution in [0.3, 0.4) is 0 Å². The second-order valence-electron chi connectivity index (χ2n) is 11.5. The number of hydrogen-bond donors (Lipinski definition) is 0. The molecule has 3 nitrogen and oxygen atoms in total. The SMILES string of the molecule is CC(C)(C)[Si](C)(C)OC1CCN(CCOC(c2ccccc2)(c2ccccc2)c2ccccc2)CC1.